The predicted octanol–water partition coefficient (Wildman–Crippen LogP) is 1.51. The van der Waals surface area contributed by atoms with Gasteiger partial charge in [0.2, 0.25) is 0 Å². The van der Waals surface area contributed by atoms with Crippen LogP contribution in [0, 0.1) is 0 Å². The summed E-state index contributed by atoms with van der Waals surface area (Å²) < 4.78 is 11.2. The highest BCUT2D eigenvalue weighted by Gasteiger charge is 2.25. The molecule has 0 unspecified atom stereocenters. The summed E-state index contributed by atoms with van der Waals surface area (Å²) >= 11 is 0. The number of rotatable bonds is 8. The van der Waals surface area contributed by atoms with Crippen molar-refractivity contribution in [1.82, 2.24) is 14.9 Å². The molecule has 0 bridgehead atoms. The lowest BCUT2D eigenvalue weighted by molar-refractivity contribution is -0.144. The number of hydrogen-bond donors (Lipinski definition) is 2. The van der Waals surface area contributed by atoms with Crippen molar-refractivity contribution in [2.24, 2.45) is 0 Å². The average Bonchev–Trinajstić information content (AvgIpc) is 2.67. The molecule has 0 saturated carbocycles. The van der Waals surface area contributed by atoms with Crippen LogP contribution >= 0.6 is 0 Å². The first-order valence-corrected chi connectivity index (χ1v) is 9.52. The zero-order valence-corrected chi connectivity index (χ0v) is 17.5. The number of carbonyl (C=O) groups is 3. The van der Waals surface area contributed by atoms with Crippen LogP contribution in [-0.2, 0) is 38.6 Å². The predicted molar refractivity (Wildman–Crippen MR) is 109 cm³/mol. The average molecular weight is 431 g/mol. The Morgan fingerprint density at radius 3 is 2.42 bits per heavy atom. The Labute approximate surface area is 178 Å². The standard InChI is InChI=1S/C21H25N3O7/c1-21(2,3)31-20(29)23-16(18(26)27)12-24-10-9-15(22-19(24)28)11-17(25)30-13-14-7-5-4-6-8-14/h4-10,16H,11-13H2,1-3H3,(H,23,29)(H,26,27)/t16-/m0/s1. The molecular formula is C21H25N3O7. The number of nitrogens with zero attached hydrogens (tertiary/aromatic N) is 2. The van der Waals surface area contributed by atoms with Gasteiger partial charge in [-0.1, -0.05) is 30.3 Å². The summed E-state index contributed by atoms with van der Waals surface area (Å²) in [6.45, 7) is 4.66. The third-order valence-corrected chi connectivity index (χ3v) is 3.87. The van der Waals surface area contributed by atoms with Crippen molar-refractivity contribution in [3.63, 3.8) is 0 Å². The monoisotopic (exact) mass is 431 g/mol. The van der Waals surface area contributed by atoms with Crippen molar-refractivity contribution >= 4 is 18.0 Å². The zero-order chi connectivity index (χ0) is 23.0. The van der Waals surface area contributed by atoms with Gasteiger partial charge in [0.25, 0.3) is 0 Å². The fraction of sp³-hybridized carbons (Fsp3) is 0.381. The molecule has 10 nitrogen and oxygen atoms in total. The van der Waals surface area contributed by atoms with Crippen LogP contribution in [-0.4, -0.2) is 44.3 Å². The lowest BCUT2D eigenvalue weighted by Gasteiger charge is -2.22. The highest BCUT2D eigenvalue weighted by molar-refractivity contribution is 5.79. The lowest BCUT2D eigenvalue weighted by atomic mass is 10.2. The first kappa shape index (κ1) is 23.6. The van der Waals surface area contributed by atoms with E-state index < -0.39 is 35.4 Å². The number of carboxylic acid groups (broad SMARTS) is 1. The molecule has 0 radical (unpaired) electrons. The van der Waals surface area contributed by atoms with Gasteiger partial charge in [0.1, 0.15) is 18.2 Å². The first-order chi connectivity index (χ1) is 14.5. The molecule has 166 valence electrons. The Hall–Kier alpha value is -3.69. The van der Waals surface area contributed by atoms with Gasteiger partial charge in [-0.05, 0) is 32.4 Å². The topological polar surface area (TPSA) is 137 Å². The summed E-state index contributed by atoms with van der Waals surface area (Å²) in [6.07, 6.45) is 0.183. The molecule has 1 amide bonds. The van der Waals surface area contributed by atoms with Crippen molar-refractivity contribution in [3.8, 4) is 0 Å². The van der Waals surface area contributed by atoms with Gasteiger partial charge in [0.15, 0.2) is 0 Å². The van der Waals surface area contributed by atoms with Gasteiger partial charge in [-0.25, -0.2) is 14.4 Å². The third-order valence-electron chi connectivity index (χ3n) is 3.87. The number of amides is 1. The van der Waals surface area contributed by atoms with E-state index in [-0.39, 0.29) is 25.3 Å². The van der Waals surface area contributed by atoms with Gasteiger partial charge in [0, 0.05) is 6.20 Å². The fourth-order valence-corrected chi connectivity index (χ4v) is 2.47. The number of nitrogens with one attached hydrogen (secondary N) is 1. The van der Waals surface area contributed by atoms with Crippen molar-refractivity contribution in [3.05, 3.63) is 64.3 Å². The van der Waals surface area contributed by atoms with Crippen LogP contribution in [0.15, 0.2) is 47.4 Å². The second kappa shape index (κ2) is 10.4. The van der Waals surface area contributed by atoms with Crippen LogP contribution in [0.5, 0.6) is 0 Å². The molecule has 1 aromatic carbocycles. The van der Waals surface area contributed by atoms with Crippen molar-refractivity contribution in [2.45, 2.75) is 52.0 Å². The maximum atomic E-state index is 12.2. The van der Waals surface area contributed by atoms with E-state index in [1.807, 2.05) is 30.3 Å². The molecule has 1 heterocycles. The van der Waals surface area contributed by atoms with Gasteiger partial charge in [0.05, 0.1) is 18.7 Å². The van der Waals surface area contributed by atoms with Crippen LogP contribution in [0.4, 0.5) is 4.79 Å². The van der Waals surface area contributed by atoms with Gasteiger partial charge in [-0.15, -0.1) is 0 Å². The Morgan fingerprint density at radius 1 is 1.16 bits per heavy atom. The number of carbonyl (C=O) groups excluding carboxylic acids is 2. The second-order valence-electron chi connectivity index (χ2n) is 7.71. The largest absolute Gasteiger partial charge is 0.480 e. The second-order valence-corrected chi connectivity index (χ2v) is 7.71. The minimum atomic E-state index is -1.41. The van der Waals surface area contributed by atoms with E-state index in [0.29, 0.717) is 0 Å². The van der Waals surface area contributed by atoms with E-state index in [0.717, 1.165) is 10.1 Å². The number of aliphatic carboxylic acids is 1. The van der Waals surface area contributed by atoms with Gasteiger partial charge >= 0.3 is 23.7 Å². The molecule has 31 heavy (non-hydrogen) atoms. The van der Waals surface area contributed by atoms with Crippen molar-refractivity contribution in [1.29, 1.82) is 0 Å². The minimum absolute atomic E-state index is 0.105. The summed E-state index contributed by atoms with van der Waals surface area (Å²) in [6, 6.07) is 9.14. The maximum absolute atomic E-state index is 12.2. The smallest absolute Gasteiger partial charge is 0.408 e. The van der Waals surface area contributed by atoms with E-state index in [2.05, 4.69) is 10.3 Å². The Bertz CT molecular complexity index is 980. The Kier molecular flexibility index (Phi) is 7.89. The highest BCUT2D eigenvalue weighted by Crippen LogP contribution is 2.07. The van der Waals surface area contributed by atoms with E-state index in [9.17, 15) is 24.3 Å². The normalized spacial score (nSPS) is 12.0. The van der Waals surface area contributed by atoms with Crippen molar-refractivity contribution in [2.75, 3.05) is 0 Å². The summed E-state index contributed by atoms with van der Waals surface area (Å²) in [5, 5.41) is 11.5. The SMILES string of the molecule is CC(C)(C)OC(=O)N[C@@H](Cn1ccc(CC(=O)OCc2ccccc2)nc1=O)C(=O)O. The molecule has 1 atom stereocenters. The zero-order valence-electron chi connectivity index (χ0n) is 17.5. The maximum Gasteiger partial charge on any atom is 0.408 e. The van der Waals surface area contributed by atoms with Gasteiger partial charge in [-0.2, -0.15) is 4.98 Å². The van der Waals surface area contributed by atoms with Gasteiger partial charge in [-0.3, -0.25) is 9.36 Å². The number of esters is 1. The van der Waals surface area contributed by atoms with E-state index in [1.54, 1.807) is 20.8 Å². The molecule has 2 N–H and O–H groups in total. The van der Waals surface area contributed by atoms with E-state index >= 15 is 0 Å². The summed E-state index contributed by atoms with van der Waals surface area (Å²) in [7, 11) is 0. The summed E-state index contributed by atoms with van der Waals surface area (Å²) in [4.78, 5) is 51.3. The molecule has 0 aliphatic rings. The molecule has 0 aliphatic carbocycles. The Balaban J connectivity index is 1.97. The van der Waals surface area contributed by atoms with Crippen LogP contribution in [0.2, 0.25) is 0 Å². The molecule has 0 fully saturated rings. The molecule has 0 aliphatic heterocycles. The lowest BCUT2D eigenvalue weighted by Crippen LogP contribution is -2.47. The van der Waals surface area contributed by atoms with Crippen LogP contribution < -0.4 is 11.0 Å². The Morgan fingerprint density at radius 2 is 1.84 bits per heavy atom. The van der Waals surface area contributed by atoms with Crippen LogP contribution in [0.3, 0.4) is 0 Å². The molecule has 10 heteroatoms. The minimum Gasteiger partial charge on any atom is -0.480 e. The first-order valence-electron chi connectivity index (χ1n) is 9.52. The number of ether oxygens (including phenoxy) is 2. The van der Waals surface area contributed by atoms with Crippen molar-refractivity contribution < 1.29 is 29.0 Å². The summed E-state index contributed by atoms with van der Waals surface area (Å²) in [5.74, 6) is -1.89. The highest BCUT2D eigenvalue weighted by atomic mass is 16.6. The van der Waals surface area contributed by atoms with E-state index in [1.165, 1.54) is 12.3 Å². The molecule has 2 rings (SSSR count). The molecular weight excluding hydrogens is 406 g/mol. The van der Waals surface area contributed by atoms with Crippen LogP contribution in [0.1, 0.15) is 32.0 Å². The van der Waals surface area contributed by atoms with E-state index in [4.69, 9.17) is 9.47 Å². The van der Waals surface area contributed by atoms with Crippen LogP contribution in [0.25, 0.3) is 0 Å². The summed E-state index contributed by atoms with van der Waals surface area (Å²) in [5.41, 5.74) is -0.546. The molecule has 1 aromatic heterocycles. The molecule has 0 saturated heterocycles. The third kappa shape index (κ3) is 8.29. The number of carboxylic acids is 1. The number of aromatic nitrogens is 2. The quantitative estimate of drug-likeness (QED) is 0.600. The number of alkyl carbamates (subject to hydrolysis) is 1. The number of hydrogen-bond acceptors (Lipinski definition) is 7. The number of benzene rings is 1. The fourth-order valence-electron chi connectivity index (χ4n) is 2.47. The molecule has 2 aromatic rings. The van der Waals surface area contributed by atoms with Gasteiger partial charge < -0.3 is 19.9 Å². The molecule has 0 spiro atoms.